The highest BCUT2D eigenvalue weighted by Crippen LogP contribution is 2.46. The molecule has 2 heteroatoms. The van der Waals surface area contributed by atoms with Crippen molar-refractivity contribution in [2.45, 2.75) is 38.5 Å². The van der Waals surface area contributed by atoms with Gasteiger partial charge in [-0.2, -0.15) is 0 Å². The highest BCUT2D eigenvalue weighted by molar-refractivity contribution is 5.38. The largest absolute Gasteiger partial charge is 0.357 e. The molecule has 1 aliphatic heterocycles. The molecule has 2 heterocycles. The van der Waals surface area contributed by atoms with Gasteiger partial charge in [0.1, 0.15) is 5.82 Å². The van der Waals surface area contributed by atoms with E-state index in [9.17, 15) is 0 Å². The average Bonchev–Trinajstić information content (AvgIpc) is 2.80. The molecular formula is C14H20N2. The summed E-state index contributed by atoms with van der Waals surface area (Å²) in [6, 6.07) is 6.21. The molecular weight excluding hydrogens is 196 g/mol. The maximum atomic E-state index is 4.44. The number of nitrogens with zero attached hydrogens (tertiary/aromatic N) is 2. The van der Waals surface area contributed by atoms with Crippen LogP contribution in [-0.4, -0.2) is 18.1 Å². The van der Waals surface area contributed by atoms with Crippen molar-refractivity contribution in [3.8, 4) is 0 Å². The van der Waals surface area contributed by atoms with Crippen molar-refractivity contribution in [3.63, 3.8) is 0 Å². The van der Waals surface area contributed by atoms with Gasteiger partial charge in [-0.3, -0.25) is 0 Å². The van der Waals surface area contributed by atoms with Gasteiger partial charge in [-0.15, -0.1) is 0 Å². The van der Waals surface area contributed by atoms with E-state index in [1.807, 2.05) is 12.3 Å². The van der Waals surface area contributed by atoms with Crippen LogP contribution in [0.25, 0.3) is 0 Å². The van der Waals surface area contributed by atoms with Gasteiger partial charge < -0.3 is 4.90 Å². The monoisotopic (exact) mass is 216 g/mol. The molecule has 0 N–H and O–H groups in total. The standard InChI is InChI=1S/C14H20N2/c1-4-10-15-13(5-1)16-11-8-14(9-12-16)6-2-3-7-14/h1,4-5,10H,2-3,6-9,11-12H2. The Hall–Kier alpha value is -1.05. The lowest BCUT2D eigenvalue weighted by Crippen LogP contribution is -2.39. The van der Waals surface area contributed by atoms with Crippen molar-refractivity contribution >= 4 is 5.82 Å². The van der Waals surface area contributed by atoms with Crippen LogP contribution in [0.3, 0.4) is 0 Å². The summed E-state index contributed by atoms with van der Waals surface area (Å²) in [4.78, 5) is 6.89. The van der Waals surface area contributed by atoms with Gasteiger partial charge >= 0.3 is 0 Å². The maximum Gasteiger partial charge on any atom is 0.128 e. The second-order valence-corrected chi connectivity index (χ2v) is 5.38. The molecule has 1 aliphatic carbocycles. The van der Waals surface area contributed by atoms with E-state index in [0.29, 0.717) is 5.41 Å². The minimum Gasteiger partial charge on any atom is -0.357 e. The van der Waals surface area contributed by atoms with Gasteiger partial charge in [0.2, 0.25) is 0 Å². The Morgan fingerprint density at radius 2 is 1.75 bits per heavy atom. The van der Waals surface area contributed by atoms with Gasteiger partial charge in [0.05, 0.1) is 0 Å². The lowest BCUT2D eigenvalue weighted by molar-refractivity contribution is 0.226. The van der Waals surface area contributed by atoms with E-state index in [1.54, 1.807) is 0 Å². The van der Waals surface area contributed by atoms with Crippen LogP contribution in [0.15, 0.2) is 24.4 Å². The number of pyridine rings is 1. The molecule has 0 bridgehead atoms. The molecule has 1 saturated carbocycles. The van der Waals surface area contributed by atoms with E-state index in [0.717, 1.165) is 5.82 Å². The zero-order valence-corrected chi connectivity index (χ0v) is 9.86. The summed E-state index contributed by atoms with van der Waals surface area (Å²) in [7, 11) is 0. The molecule has 0 radical (unpaired) electrons. The lowest BCUT2D eigenvalue weighted by Gasteiger charge is -2.39. The first-order chi connectivity index (χ1) is 7.88. The number of hydrogen-bond donors (Lipinski definition) is 0. The summed E-state index contributed by atoms with van der Waals surface area (Å²) in [5.41, 5.74) is 0.714. The minimum atomic E-state index is 0.714. The molecule has 1 aromatic heterocycles. The number of anilines is 1. The third-order valence-corrected chi connectivity index (χ3v) is 4.46. The number of hydrogen-bond acceptors (Lipinski definition) is 2. The van der Waals surface area contributed by atoms with Crippen molar-refractivity contribution < 1.29 is 0 Å². The van der Waals surface area contributed by atoms with E-state index in [2.05, 4.69) is 22.0 Å². The topological polar surface area (TPSA) is 16.1 Å². The van der Waals surface area contributed by atoms with Crippen LogP contribution >= 0.6 is 0 Å². The van der Waals surface area contributed by atoms with Crippen molar-refractivity contribution in [3.05, 3.63) is 24.4 Å². The summed E-state index contributed by atoms with van der Waals surface area (Å²) in [5, 5.41) is 0. The first kappa shape index (κ1) is 10.1. The van der Waals surface area contributed by atoms with E-state index >= 15 is 0 Å². The summed E-state index contributed by atoms with van der Waals surface area (Å²) < 4.78 is 0. The van der Waals surface area contributed by atoms with Gasteiger partial charge in [0.25, 0.3) is 0 Å². The second-order valence-electron chi connectivity index (χ2n) is 5.38. The van der Waals surface area contributed by atoms with E-state index in [-0.39, 0.29) is 0 Å². The number of rotatable bonds is 1. The molecule has 1 aromatic rings. The molecule has 1 spiro atoms. The first-order valence-electron chi connectivity index (χ1n) is 6.54. The summed E-state index contributed by atoms with van der Waals surface area (Å²) in [6.07, 6.45) is 10.5. The molecule has 0 amide bonds. The molecule has 0 atom stereocenters. The van der Waals surface area contributed by atoms with Crippen LogP contribution in [0.2, 0.25) is 0 Å². The normalized spacial score (nSPS) is 23.9. The molecule has 0 aromatic carbocycles. The van der Waals surface area contributed by atoms with Gasteiger partial charge in [-0.05, 0) is 43.2 Å². The molecule has 2 aliphatic rings. The zero-order valence-electron chi connectivity index (χ0n) is 9.86. The van der Waals surface area contributed by atoms with Crippen molar-refractivity contribution in [1.29, 1.82) is 0 Å². The Kier molecular flexibility index (Phi) is 2.58. The van der Waals surface area contributed by atoms with Crippen LogP contribution in [-0.2, 0) is 0 Å². The molecule has 86 valence electrons. The van der Waals surface area contributed by atoms with Crippen molar-refractivity contribution in [2.75, 3.05) is 18.0 Å². The SMILES string of the molecule is c1ccc(N2CCC3(CCCC3)CC2)nc1. The Morgan fingerprint density at radius 3 is 2.38 bits per heavy atom. The van der Waals surface area contributed by atoms with Gasteiger partial charge in [-0.1, -0.05) is 18.9 Å². The van der Waals surface area contributed by atoms with Gasteiger partial charge in [0.15, 0.2) is 0 Å². The van der Waals surface area contributed by atoms with Gasteiger partial charge in [-0.25, -0.2) is 4.98 Å². The fraction of sp³-hybridized carbons (Fsp3) is 0.643. The highest BCUT2D eigenvalue weighted by Gasteiger charge is 2.36. The van der Waals surface area contributed by atoms with Crippen LogP contribution < -0.4 is 4.90 Å². The van der Waals surface area contributed by atoms with E-state index in [4.69, 9.17) is 0 Å². The van der Waals surface area contributed by atoms with Crippen molar-refractivity contribution in [2.24, 2.45) is 5.41 Å². The average molecular weight is 216 g/mol. The predicted octanol–water partition coefficient (Wildman–Crippen LogP) is 3.24. The smallest absolute Gasteiger partial charge is 0.128 e. The molecule has 3 rings (SSSR count). The van der Waals surface area contributed by atoms with Crippen LogP contribution in [0.5, 0.6) is 0 Å². The predicted molar refractivity (Wildman–Crippen MR) is 66.6 cm³/mol. The number of piperidine rings is 1. The minimum absolute atomic E-state index is 0.714. The Morgan fingerprint density at radius 1 is 1.00 bits per heavy atom. The van der Waals surface area contributed by atoms with E-state index < -0.39 is 0 Å². The van der Waals surface area contributed by atoms with Crippen LogP contribution in [0, 0.1) is 5.41 Å². The third-order valence-electron chi connectivity index (χ3n) is 4.46. The molecule has 16 heavy (non-hydrogen) atoms. The summed E-state index contributed by atoms with van der Waals surface area (Å²) >= 11 is 0. The highest BCUT2D eigenvalue weighted by atomic mass is 15.2. The van der Waals surface area contributed by atoms with Crippen LogP contribution in [0.1, 0.15) is 38.5 Å². The summed E-state index contributed by atoms with van der Waals surface area (Å²) in [5.74, 6) is 1.16. The molecule has 0 unspecified atom stereocenters. The fourth-order valence-corrected chi connectivity index (χ4v) is 3.38. The van der Waals surface area contributed by atoms with Crippen LogP contribution in [0.4, 0.5) is 5.82 Å². The first-order valence-corrected chi connectivity index (χ1v) is 6.54. The molecule has 2 nitrogen and oxygen atoms in total. The van der Waals surface area contributed by atoms with E-state index in [1.165, 1.54) is 51.6 Å². The third kappa shape index (κ3) is 1.81. The fourth-order valence-electron chi connectivity index (χ4n) is 3.38. The molecule has 1 saturated heterocycles. The Balaban J connectivity index is 1.66. The Labute approximate surface area is 97.7 Å². The lowest BCUT2D eigenvalue weighted by atomic mass is 9.77. The zero-order chi connectivity index (χ0) is 10.8. The summed E-state index contributed by atoms with van der Waals surface area (Å²) in [6.45, 7) is 2.41. The van der Waals surface area contributed by atoms with Gasteiger partial charge in [0, 0.05) is 19.3 Å². The molecule has 2 fully saturated rings. The Bertz CT molecular complexity index is 331. The van der Waals surface area contributed by atoms with Crippen molar-refractivity contribution in [1.82, 2.24) is 4.98 Å². The quantitative estimate of drug-likeness (QED) is 0.716. The number of aromatic nitrogens is 1. The second kappa shape index (κ2) is 4.08. The maximum absolute atomic E-state index is 4.44.